The van der Waals surface area contributed by atoms with Gasteiger partial charge in [0.25, 0.3) is 0 Å². The lowest BCUT2D eigenvalue weighted by molar-refractivity contribution is 0.361. The molecular weight excluding hydrogens is 236 g/mol. The molecule has 4 nitrogen and oxygen atoms in total. The largest absolute Gasteiger partial charge is 0.314 e. The number of hydrogen-bond donors (Lipinski definition) is 2. The van der Waals surface area contributed by atoms with E-state index < -0.39 is 10.0 Å². The quantitative estimate of drug-likeness (QED) is 0.777. The molecule has 2 rings (SSSR count). The maximum absolute atomic E-state index is 11.6. The maximum atomic E-state index is 11.6. The second-order valence-corrected chi connectivity index (χ2v) is 6.43. The summed E-state index contributed by atoms with van der Waals surface area (Å²) in [6, 6.07) is 0.576. The predicted molar refractivity (Wildman–Crippen MR) is 62.8 cm³/mol. The van der Waals surface area contributed by atoms with Crippen LogP contribution in [-0.4, -0.2) is 32.3 Å². The summed E-state index contributed by atoms with van der Waals surface area (Å²) in [6.45, 7) is 3.01. The maximum Gasteiger partial charge on any atom is 0.214 e. The minimum absolute atomic E-state index is 0. The summed E-state index contributed by atoms with van der Waals surface area (Å²) in [5.74, 6) is 0. The highest BCUT2D eigenvalue weighted by Crippen LogP contribution is 2.28. The second-order valence-electron chi connectivity index (χ2n) is 4.44. The second kappa shape index (κ2) is 4.99. The number of hydrogen-bond acceptors (Lipinski definition) is 3. The smallest absolute Gasteiger partial charge is 0.214 e. The molecule has 1 aliphatic heterocycles. The first-order valence-corrected chi connectivity index (χ1v) is 6.87. The van der Waals surface area contributed by atoms with Crippen LogP contribution in [0.1, 0.15) is 32.6 Å². The minimum atomic E-state index is -2.99. The van der Waals surface area contributed by atoms with Gasteiger partial charge in [0, 0.05) is 12.1 Å². The van der Waals surface area contributed by atoms with Crippen LogP contribution in [0.4, 0.5) is 0 Å². The van der Waals surface area contributed by atoms with E-state index in [1.54, 1.807) is 0 Å². The van der Waals surface area contributed by atoms with Crippen LogP contribution in [0.2, 0.25) is 0 Å². The van der Waals surface area contributed by atoms with E-state index in [0.29, 0.717) is 6.04 Å². The zero-order valence-electron chi connectivity index (χ0n) is 8.90. The fourth-order valence-electron chi connectivity index (χ4n) is 1.95. The molecule has 1 saturated heterocycles. The van der Waals surface area contributed by atoms with Gasteiger partial charge in [0.2, 0.25) is 10.0 Å². The van der Waals surface area contributed by atoms with E-state index in [9.17, 15) is 8.42 Å². The highest BCUT2D eigenvalue weighted by atomic mass is 35.5. The third kappa shape index (κ3) is 3.59. The van der Waals surface area contributed by atoms with Crippen molar-refractivity contribution in [1.29, 1.82) is 0 Å². The zero-order chi connectivity index (χ0) is 10.2. The van der Waals surface area contributed by atoms with Crippen LogP contribution >= 0.6 is 12.4 Å². The molecule has 0 aromatic heterocycles. The Bertz CT molecular complexity index is 303. The third-order valence-electron chi connectivity index (χ3n) is 2.92. The van der Waals surface area contributed by atoms with Gasteiger partial charge in [-0.3, -0.25) is 0 Å². The molecule has 1 saturated carbocycles. The molecule has 2 fully saturated rings. The van der Waals surface area contributed by atoms with E-state index in [1.165, 1.54) is 0 Å². The van der Waals surface area contributed by atoms with Crippen molar-refractivity contribution in [3.05, 3.63) is 0 Å². The third-order valence-corrected chi connectivity index (χ3v) is 4.93. The molecule has 90 valence electrons. The summed E-state index contributed by atoms with van der Waals surface area (Å²) in [4.78, 5) is 0. The molecule has 2 unspecified atom stereocenters. The monoisotopic (exact) mass is 254 g/mol. The van der Waals surface area contributed by atoms with Crippen LogP contribution in [0.25, 0.3) is 0 Å². The van der Waals surface area contributed by atoms with Gasteiger partial charge in [0.15, 0.2) is 0 Å². The lowest BCUT2D eigenvalue weighted by atomic mass is 10.0. The van der Waals surface area contributed by atoms with Crippen LogP contribution in [0.3, 0.4) is 0 Å². The highest BCUT2D eigenvalue weighted by Gasteiger charge is 2.37. The van der Waals surface area contributed by atoms with Crippen LogP contribution in [0.5, 0.6) is 0 Å². The molecule has 6 heteroatoms. The van der Waals surface area contributed by atoms with Crippen molar-refractivity contribution in [2.75, 3.05) is 6.54 Å². The van der Waals surface area contributed by atoms with Gasteiger partial charge in [-0.25, -0.2) is 13.1 Å². The average Bonchev–Trinajstić information content (AvgIpc) is 2.84. The van der Waals surface area contributed by atoms with Crippen molar-refractivity contribution in [1.82, 2.24) is 10.0 Å². The van der Waals surface area contributed by atoms with Crippen molar-refractivity contribution >= 4 is 22.4 Å². The first-order valence-electron chi connectivity index (χ1n) is 5.32. The minimum Gasteiger partial charge on any atom is -0.314 e. The number of nitrogens with one attached hydrogen (secondary N) is 2. The van der Waals surface area contributed by atoms with E-state index in [4.69, 9.17) is 0 Å². The molecular formula is C9H19ClN2O2S. The van der Waals surface area contributed by atoms with Crippen molar-refractivity contribution < 1.29 is 8.42 Å². The first kappa shape index (κ1) is 13.2. The molecule has 2 aliphatic rings. The van der Waals surface area contributed by atoms with Gasteiger partial charge in [-0.2, -0.15) is 0 Å². The van der Waals surface area contributed by atoms with E-state index in [2.05, 4.69) is 17.0 Å². The number of piperidine rings is 1. The Hall–Kier alpha value is 0.160. The predicted octanol–water partition coefficient (Wildman–Crippen LogP) is 0.630. The topological polar surface area (TPSA) is 58.2 Å². The van der Waals surface area contributed by atoms with E-state index >= 15 is 0 Å². The van der Waals surface area contributed by atoms with Gasteiger partial charge in [-0.15, -0.1) is 12.4 Å². The SMILES string of the molecule is CC1CC(NS(=O)(=O)C2CC2)CCN1.Cl. The van der Waals surface area contributed by atoms with Crippen molar-refractivity contribution in [3.63, 3.8) is 0 Å². The first-order chi connectivity index (χ1) is 6.58. The van der Waals surface area contributed by atoms with Crippen LogP contribution in [-0.2, 0) is 10.0 Å². The molecule has 15 heavy (non-hydrogen) atoms. The van der Waals surface area contributed by atoms with Gasteiger partial charge in [-0.1, -0.05) is 0 Å². The fourth-order valence-corrected chi connectivity index (χ4v) is 3.57. The Balaban J connectivity index is 0.00000112. The lowest BCUT2D eigenvalue weighted by Crippen LogP contribution is -2.47. The van der Waals surface area contributed by atoms with Gasteiger partial charge in [-0.05, 0) is 39.2 Å². The molecule has 0 amide bonds. The molecule has 2 N–H and O–H groups in total. The Morgan fingerprint density at radius 3 is 2.47 bits per heavy atom. The molecule has 1 heterocycles. The van der Waals surface area contributed by atoms with Gasteiger partial charge in [0.05, 0.1) is 5.25 Å². The lowest BCUT2D eigenvalue weighted by Gasteiger charge is -2.28. The molecule has 1 aliphatic carbocycles. The molecule has 0 aromatic carbocycles. The summed E-state index contributed by atoms with van der Waals surface area (Å²) in [7, 11) is -2.99. The van der Waals surface area contributed by atoms with Crippen LogP contribution < -0.4 is 10.0 Å². The van der Waals surface area contributed by atoms with Crippen molar-refractivity contribution in [3.8, 4) is 0 Å². The van der Waals surface area contributed by atoms with Crippen LogP contribution in [0, 0.1) is 0 Å². The fraction of sp³-hybridized carbons (Fsp3) is 1.00. The van der Waals surface area contributed by atoms with Gasteiger partial charge >= 0.3 is 0 Å². The highest BCUT2D eigenvalue weighted by molar-refractivity contribution is 7.90. The Labute approximate surface area is 97.7 Å². The summed E-state index contributed by atoms with van der Waals surface area (Å²) >= 11 is 0. The van der Waals surface area contributed by atoms with E-state index in [-0.39, 0.29) is 23.7 Å². The summed E-state index contributed by atoms with van der Waals surface area (Å²) in [5.41, 5.74) is 0. The van der Waals surface area contributed by atoms with Crippen molar-refractivity contribution in [2.24, 2.45) is 0 Å². The zero-order valence-corrected chi connectivity index (χ0v) is 10.5. The Kier molecular flexibility index (Phi) is 4.40. The standard InChI is InChI=1S/C9H18N2O2S.ClH/c1-7-6-8(4-5-10-7)11-14(12,13)9-2-3-9;/h7-11H,2-6H2,1H3;1H. The number of sulfonamides is 1. The Morgan fingerprint density at radius 1 is 1.27 bits per heavy atom. The molecule has 0 spiro atoms. The summed E-state index contributed by atoms with van der Waals surface area (Å²) in [6.07, 6.45) is 3.51. The molecule has 0 radical (unpaired) electrons. The normalized spacial score (nSPS) is 32.1. The molecule has 0 aromatic rings. The molecule has 0 bridgehead atoms. The van der Waals surface area contributed by atoms with Gasteiger partial charge < -0.3 is 5.32 Å². The van der Waals surface area contributed by atoms with E-state index in [1.807, 2.05) is 0 Å². The number of halogens is 1. The average molecular weight is 255 g/mol. The summed E-state index contributed by atoms with van der Waals surface area (Å²) < 4.78 is 26.1. The van der Waals surface area contributed by atoms with Gasteiger partial charge in [0.1, 0.15) is 0 Å². The van der Waals surface area contributed by atoms with Crippen molar-refractivity contribution in [2.45, 2.75) is 49.9 Å². The summed E-state index contributed by atoms with van der Waals surface area (Å²) in [5, 5.41) is 3.22. The van der Waals surface area contributed by atoms with Crippen LogP contribution in [0.15, 0.2) is 0 Å². The molecule has 2 atom stereocenters. The number of rotatable bonds is 3. The Morgan fingerprint density at radius 2 is 1.93 bits per heavy atom. The van der Waals surface area contributed by atoms with E-state index in [0.717, 1.165) is 32.2 Å².